The molecule has 1 heterocycles. The second-order valence-corrected chi connectivity index (χ2v) is 8.56. The van der Waals surface area contributed by atoms with Crippen LogP contribution in [0.3, 0.4) is 0 Å². The average Bonchev–Trinajstić information content (AvgIpc) is 3.29. The lowest BCUT2D eigenvalue weighted by Gasteiger charge is -2.11. The molecule has 0 fully saturated rings. The van der Waals surface area contributed by atoms with Crippen molar-refractivity contribution in [2.75, 3.05) is 18.2 Å². The smallest absolute Gasteiger partial charge is 0.337 e. The minimum absolute atomic E-state index is 0.114. The van der Waals surface area contributed by atoms with Crippen LogP contribution >= 0.6 is 11.8 Å². The molecule has 35 heavy (non-hydrogen) atoms. The Morgan fingerprint density at radius 1 is 0.971 bits per heavy atom. The molecule has 178 valence electrons. The van der Waals surface area contributed by atoms with Crippen LogP contribution in [0.4, 0.5) is 5.69 Å². The molecule has 0 aliphatic carbocycles. The zero-order chi connectivity index (χ0) is 24.6. The number of nitrogens with one attached hydrogen (secondary N) is 1. The molecule has 0 aliphatic rings. The van der Waals surface area contributed by atoms with Crippen LogP contribution in [0.15, 0.2) is 84.0 Å². The van der Waals surface area contributed by atoms with Crippen LogP contribution in [0, 0.1) is 0 Å². The van der Waals surface area contributed by atoms with Crippen molar-refractivity contribution in [1.29, 1.82) is 0 Å². The van der Waals surface area contributed by atoms with Crippen LogP contribution < -0.4 is 5.32 Å². The number of carbonyl (C=O) groups excluding carboxylic acids is 2. The molecule has 0 atom stereocenters. The number of amides is 1. The fourth-order valence-electron chi connectivity index (χ4n) is 3.48. The van der Waals surface area contributed by atoms with E-state index in [0.717, 1.165) is 12.0 Å². The Kier molecular flexibility index (Phi) is 7.79. The van der Waals surface area contributed by atoms with Gasteiger partial charge in [-0.3, -0.25) is 4.79 Å². The molecule has 0 radical (unpaired) electrons. The van der Waals surface area contributed by atoms with E-state index < -0.39 is 5.97 Å². The lowest BCUT2D eigenvalue weighted by molar-refractivity contribution is -0.113. The van der Waals surface area contributed by atoms with Crippen molar-refractivity contribution in [2.24, 2.45) is 0 Å². The van der Waals surface area contributed by atoms with E-state index in [2.05, 4.69) is 32.4 Å². The van der Waals surface area contributed by atoms with Crippen LogP contribution in [-0.4, -0.2) is 44.6 Å². The highest BCUT2D eigenvalue weighted by molar-refractivity contribution is 7.99. The van der Waals surface area contributed by atoms with Gasteiger partial charge in [0.2, 0.25) is 5.91 Å². The summed E-state index contributed by atoms with van der Waals surface area (Å²) < 4.78 is 6.61. The third kappa shape index (κ3) is 6.07. The number of aromatic hydroxyl groups is 1. The summed E-state index contributed by atoms with van der Waals surface area (Å²) in [5, 5.41) is 22.4. The van der Waals surface area contributed by atoms with Gasteiger partial charge in [0.15, 0.2) is 11.0 Å². The van der Waals surface area contributed by atoms with Crippen LogP contribution in [0.5, 0.6) is 5.75 Å². The van der Waals surface area contributed by atoms with Gasteiger partial charge in [0, 0.05) is 12.2 Å². The van der Waals surface area contributed by atoms with Gasteiger partial charge >= 0.3 is 5.97 Å². The van der Waals surface area contributed by atoms with E-state index >= 15 is 0 Å². The predicted molar refractivity (Wildman–Crippen MR) is 134 cm³/mol. The van der Waals surface area contributed by atoms with Gasteiger partial charge in [0.25, 0.3) is 0 Å². The lowest BCUT2D eigenvalue weighted by atomic mass is 10.1. The summed E-state index contributed by atoms with van der Waals surface area (Å²) in [5.74, 6) is 0.116. The van der Waals surface area contributed by atoms with Crippen molar-refractivity contribution < 1.29 is 19.4 Å². The predicted octanol–water partition coefficient (Wildman–Crippen LogP) is 4.41. The molecule has 3 aromatic carbocycles. The number of rotatable bonds is 9. The molecular weight excluding hydrogens is 464 g/mol. The Balaban J connectivity index is 1.48. The largest absolute Gasteiger partial charge is 0.507 e. The highest BCUT2D eigenvalue weighted by Gasteiger charge is 2.18. The van der Waals surface area contributed by atoms with Crippen molar-refractivity contribution in [1.82, 2.24) is 14.8 Å². The fourth-order valence-corrected chi connectivity index (χ4v) is 4.24. The number of hydrogen-bond donors (Lipinski definition) is 2. The maximum absolute atomic E-state index is 12.6. The number of methoxy groups -OCH3 is 1. The Bertz CT molecular complexity index is 1310. The first kappa shape index (κ1) is 24.0. The number of benzene rings is 3. The van der Waals surface area contributed by atoms with Crippen LogP contribution in [-0.2, 0) is 22.5 Å². The molecule has 0 unspecified atom stereocenters. The fraction of sp³-hybridized carbons (Fsp3) is 0.154. The number of phenolic OH excluding ortho intramolecular Hbond substituents is 1. The topological polar surface area (TPSA) is 106 Å². The highest BCUT2D eigenvalue weighted by atomic mass is 32.2. The van der Waals surface area contributed by atoms with Crippen molar-refractivity contribution in [3.63, 3.8) is 0 Å². The molecule has 0 aliphatic heterocycles. The van der Waals surface area contributed by atoms with E-state index in [1.807, 2.05) is 28.8 Å². The number of phenols is 1. The van der Waals surface area contributed by atoms with Crippen molar-refractivity contribution >= 4 is 29.3 Å². The number of para-hydroxylation sites is 1. The lowest BCUT2D eigenvalue weighted by Crippen LogP contribution is -2.15. The monoisotopic (exact) mass is 488 g/mol. The molecule has 0 bridgehead atoms. The Labute approximate surface area is 207 Å². The highest BCUT2D eigenvalue weighted by Crippen LogP contribution is 2.30. The summed E-state index contributed by atoms with van der Waals surface area (Å²) >= 11 is 1.26. The first-order valence-corrected chi connectivity index (χ1v) is 11.9. The standard InChI is InChI=1S/C26H24N4O4S/c1-34-25(33)19-11-13-20(14-12-19)27-23(32)17-35-26-29-28-24(21-9-5-6-10-22(21)31)30(26)16-15-18-7-3-2-4-8-18/h2-14,31H,15-17H2,1H3,(H,27,32). The van der Waals surface area contributed by atoms with E-state index in [0.29, 0.717) is 34.3 Å². The number of hydrogen-bond acceptors (Lipinski definition) is 7. The Morgan fingerprint density at radius 3 is 2.40 bits per heavy atom. The molecule has 1 aromatic heterocycles. The third-order valence-corrected chi connectivity index (χ3v) is 6.22. The quantitative estimate of drug-likeness (QED) is 0.265. The zero-order valence-corrected chi connectivity index (χ0v) is 19.9. The van der Waals surface area contributed by atoms with E-state index in [9.17, 15) is 14.7 Å². The number of ether oxygens (including phenoxy) is 1. The second kappa shape index (κ2) is 11.3. The second-order valence-electron chi connectivity index (χ2n) is 7.62. The van der Waals surface area contributed by atoms with Gasteiger partial charge in [-0.05, 0) is 48.4 Å². The summed E-state index contributed by atoms with van der Waals surface area (Å²) in [6, 6.07) is 23.5. The van der Waals surface area contributed by atoms with Crippen molar-refractivity contribution in [3.05, 3.63) is 90.0 Å². The third-order valence-electron chi connectivity index (χ3n) is 5.25. The number of nitrogens with zero attached hydrogens (tertiary/aromatic N) is 3. The zero-order valence-electron chi connectivity index (χ0n) is 19.0. The number of anilines is 1. The van der Waals surface area contributed by atoms with Gasteiger partial charge in [-0.1, -0.05) is 54.2 Å². The van der Waals surface area contributed by atoms with Crippen molar-refractivity contribution in [3.8, 4) is 17.1 Å². The summed E-state index contributed by atoms with van der Waals surface area (Å²) in [6.07, 6.45) is 0.742. The average molecular weight is 489 g/mol. The molecule has 4 aromatic rings. The first-order valence-electron chi connectivity index (χ1n) is 10.9. The first-order chi connectivity index (χ1) is 17.0. The van der Waals surface area contributed by atoms with Gasteiger partial charge < -0.3 is 19.7 Å². The van der Waals surface area contributed by atoms with E-state index in [-0.39, 0.29) is 17.4 Å². The van der Waals surface area contributed by atoms with Gasteiger partial charge in [-0.25, -0.2) is 4.79 Å². The van der Waals surface area contributed by atoms with Gasteiger partial charge in [-0.2, -0.15) is 0 Å². The number of thioether (sulfide) groups is 1. The maximum atomic E-state index is 12.6. The Morgan fingerprint density at radius 2 is 1.69 bits per heavy atom. The summed E-state index contributed by atoms with van der Waals surface area (Å²) in [7, 11) is 1.32. The molecule has 2 N–H and O–H groups in total. The minimum atomic E-state index is -0.437. The summed E-state index contributed by atoms with van der Waals surface area (Å²) in [4.78, 5) is 24.1. The van der Waals surface area contributed by atoms with E-state index in [1.165, 1.54) is 18.9 Å². The molecule has 9 heteroatoms. The van der Waals surface area contributed by atoms with Gasteiger partial charge in [0.1, 0.15) is 5.75 Å². The molecule has 0 spiro atoms. The van der Waals surface area contributed by atoms with E-state index in [1.54, 1.807) is 42.5 Å². The maximum Gasteiger partial charge on any atom is 0.337 e. The number of aromatic nitrogens is 3. The van der Waals surface area contributed by atoms with Crippen LogP contribution in [0.1, 0.15) is 15.9 Å². The van der Waals surface area contributed by atoms with Crippen LogP contribution in [0.25, 0.3) is 11.4 Å². The van der Waals surface area contributed by atoms with E-state index in [4.69, 9.17) is 0 Å². The molecule has 4 rings (SSSR count). The molecule has 0 saturated carbocycles. The normalized spacial score (nSPS) is 10.7. The number of carbonyl (C=O) groups is 2. The molecule has 1 amide bonds. The Hall–Kier alpha value is -4.11. The van der Waals surface area contributed by atoms with Crippen LogP contribution in [0.2, 0.25) is 0 Å². The minimum Gasteiger partial charge on any atom is -0.507 e. The van der Waals surface area contributed by atoms with Crippen molar-refractivity contribution in [2.45, 2.75) is 18.1 Å². The summed E-state index contributed by atoms with van der Waals surface area (Å²) in [5.41, 5.74) is 2.72. The number of aryl methyl sites for hydroxylation is 1. The molecule has 8 nitrogen and oxygen atoms in total. The molecule has 0 saturated heterocycles. The van der Waals surface area contributed by atoms with Gasteiger partial charge in [-0.15, -0.1) is 10.2 Å². The number of esters is 1. The summed E-state index contributed by atoms with van der Waals surface area (Å²) in [6.45, 7) is 0.583. The van der Waals surface area contributed by atoms with Gasteiger partial charge in [0.05, 0.1) is 24.0 Å². The molecular formula is C26H24N4O4S. The SMILES string of the molecule is COC(=O)c1ccc(NC(=O)CSc2nnc(-c3ccccc3O)n2CCc2ccccc2)cc1.